The van der Waals surface area contributed by atoms with E-state index in [-0.39, 0.29) is 0 Å². The number of sulfone groups is 1. The van der Waals surface area contributed by atoms with E-state index in [4.69, 9.17) is 15.0 Å². The Hall–Kier alpha value is -6.31. The van der Waals surface area contributed by atoms with Crippen molar-refractivity contribution in [2.75, 3.05) is 0 Å². The molecule has 49 heavy (non-hydrogen) atoms. The predicted molar refractivity (Wildman–Crippen MR) is 193 cm³/mol. The highest BCUT2D eigenvalue weighted by atomic mass is 32.2. The molecular weight excluding hydrogens is 625 g/mol. The summed E-state index contributed by atoms with van der Waals surface area (Å²) in [5, 5.41) is 1.03. The quantitative estimate of drug-likeness (QED) is 0.184. The average Bonchev–Trinajstić information content (AvgIpc) is 3.40. The van der Waals surface area contributed by atoms with Crippen molar-refractivity contribution in [1.82, 2.24) is 19.9 Å². The van der Waals surface area contributed by atoms with E-state index in [2.05, 4.69) is 41.4 Å². The first-order valence-corrected chi connectivity index (χ1v) is 17.4. The first-order valence-electron chi connectivity index (χ1n) is 15.9. The highest BCUT2D eigenvalue weighted by Gasteiger charge is 2.32. The number of fused-ring (bicyclic) bond motifs is 4. The van der Waals surface area contributed by atoms with Crippen molar-refractivity contribution in [2.24, 2.45) is 0 Å². The Labute approximate surface area is 283 Å². The van der Waals surface area contributed by atoms with E-state index >= 15 is 0 Å². The van der Waals surface area contributed by atoms with Crippen molar-refractivity contribution in [3.63, 3.8) is 0 Å². The summed E-state index contributed by atoms with van der Waals surface area (Å²) in [6, 6.07) is 49.1. The summed E-state index contributed by atoms with van der Waals surface area (Å²) in [4.78, 5) is 20.1. The lowest BCUT2D eigenvalue weighted by atomic mass is 9.93. The van der Waals surface area contributed by atoms with Crippen LogP contribution in [-0.2, 0) is 9.84 Å². The van der Waals surface area contributed by atoms with E-state index in [1.807, 2.05) is 97.1 Å². The molecule has 7 heteroatoms. The molecule has 0 radical (unpaired) electrons. The fourth-order valence-electron chi connectivity index (χ4n) is 6.48. The van der Waals surface area contributed by atoms with Crippen molar-refractivity contribution in [2.45, 2.75) is 9.79 Å². The zero-order valence-corrected chi connectivity index (χ0v) is 26.8. The summed E-state index contributed by atoms with van der Waals surface area (Å²) in [5.74, 6) is 1.69. The van der Waals surface area contributed by atoms with Gasteiger partial charge in [-0.3, -0.25) is 4.98 Å². The molecule has 0 saturated carbocycles. The molecule has 0 spiro atoms. The van der Waals surface area contributed by atoms with Gasteiger partial charge in [-0.15, -0.1) is 0 Å². The van der Waals surface area contributed by atoms with Crippen molar-refractivity contribution < 1.29 is 8.42 Å². The molecule has 0 atom stereocenters. The molecule has 0 aliphatic carbocycles. The number of hydrogen-bond acceptors (Lipinski definition) is 6. The Morgan fingerprint density at radius 2 is 0.939 bits per heavy atom. The molecule has 8 aromatic rings. The molecule has 0 unspecified atom stereocenters. The largest absolute Gasteiger partial charge is 0.256 e. The van der Waals surface area contributed by atoms with Crippen LogP contribution in [0.15, 0.2) is 168 Å². The molecule has 0 fully saturated rings. The average molecular weight is 651 g/mol. The smallest absolute Gasteiger partial charge is 0.207 e. The lowest BCUT2D eigenvalue weighted by molar-refractivity contribution is 0.598. The third-order valence-electron chi connectivity index (χ3n) is 8.90. The lowest BCUT2D eigenvalue weighted by Crippen LogP contribution is -2.00. The highest BCUT2D eigenvalue weighted by molar-refractivity contribution is 7.92. The third-order valence-corrected chi connectivity index (χ3v) is 10.8. The summed E-state index contributed by atoms with van der Waals surface area (Å²) in [6.07, 6.45) is 1.79. The van der Waals surface area contributed by atoms with Crippen LogP contribution in [0.3, 0.4) is 0 Å². The normalized spacial score (nSPS) is 12.8. The van der Waals surface area contributed by atoms with Crippen molar-refractivity contribution in [3.05, 3.63) is 158 Å². The predicted octanol–water partition coefficient (Wildman–Crippen LogP) is 9.57. The van der Waals surface area contributed by atoms with Gasteiger partial charge in [0.25, 0.3) is 0 Å². The van der Waals surface area contributed by atoms with Gasteiger partial charge in [-0.2, -0.15) is 0 Å². The van der Waals surface area contributed by atoms with E-state index in [1.165, 1.54) is 0 Å². The molecule has 6 nitrogen and oxygen atoms in total. The van der Waals surface area contributed by atoms with Gasteiger partial charge in [0.15, 0.2) is 17.5 Å². The summed E-state index contributed by atoms with van der Waals surface area (Å²) >= 11 is 0. The van der Waals surface area contributed by atoms with Gasteiger partial charge in [-0.25, -0.2) is 23.4 Å². The monoisotopic (exact) mass is 650 g/mol. The molecule has 1 aliphatic rings. The van der Waals surface area contributed by atoms with Crippen LogP contribution >= 0.6 is 0 Å². The summed E-state index contributed by atoms with van der Waals surface area (Å²) in [6.45, 7) is 0. The van der Waals surface area contributed by atoms with E-state index in [9.17, 15) is 8.42 Å². The Morgan fingerprint density at radius 1 is 0.388 bits per heavy atom. The van der Waals surface area contributed by atoms with Crippen LogP contribution in [0.5, 0.6) is 0 Å². The van der Waals surface area contributed by atoms with E-state index < -0.39 is 9.84 Å². The van der Waals surface area contributed by atoms with Gasteiger partial charge in [0.1, 0.15) is 0 Å². The van der Waals surface area contributed by atoms with Gasteiger partial charge in [-0.05, 0) is 76.9 Å². The molecule has 9 rings (SSSR count). The topological polar surface area (TPSA) is 85.7 Å². The SMILES string of the molecule is O=S1(=O)c2ccccc2-c2cc(-c3cc(-c4ccc5ncccc5c4)cc(-c4nc(-c5ccccc5)nc(-c5ccccc5)n4)c3)ccc21. The van der Waals surface area contributed by atoms with Gasteiger partial charge in [0.05, 0.1) is 15.3 Å². The number of aromatic nitrogens is 4. The maximum atomic E-state index is 13.4. The fraction of sp³-hybridized carbons (Fsp3) is 0. The minimum absolute atomic E-state index is 0.327. The molecule has 0 N–H and O–H groups in total. The van der Waals surface area contributed by atoms with Crippen molar-refractivity contribution >= 4 is 20.7 Å². The number of benzene rings is 6. The van der Waals surface area contributed by atoms with Crippen LogP contribution in [-0.4, -0.2) is 28.4 Å². The minimum Gasteiger partial charge on any atom is -0.256 e. The van der Waals surface area contributed by atoms with E-state index in [0.717, 1.165) is 55.4 Å². The molecule has 1 aliphatic heterocycles. The van der Waals surface area contributed by atoms with E-state index in [1.54, 1.807) is 24.4 Å². The molecule has 0 amide bonds. The second-order valence-electron chi connectivity index (χ2n) is 12.0. The van der Waals surface area contributed by atoms with Crippen molar-refractivity contribution in [3.8, 4) is 67.5 Å². The summed E-state index contributed by atoms with van der Waals surface area (Å²) < 4.78 is 26.8. The zero-order valence-electron chi connectivity index (χ0n) is 26.0. The Bertz CT molecular complexity index is 2620. The second-order valence-corrected chi connectivity index (χ2v) is 13.8. The minimum atomic E-state index is -3.58. The number of nitrogens with zero attached hydrogens (tertiary/aromatic N) is 4. The van der Waals surface area contributed by atoms with Crippen LogP contribution < -0.4 is 0 Å². The maximum Gasteiger partial charge on any atom is 0.207 e. The summed E-state index contributed by atoms with van der Waals surface area (Å²) in [5.41, 5.74) is 8.70. The van der Waals surface area contributed by atoms with Gasteiger partial charge in [0, 0.05) is 39.4 Å². The van der Waals surface area contributed by atoms with Gasteiger partial charge in [0.2, 0.25) is 9.84 Å². The van der Waals surface area contributed by atoms with Gasteiger partial charge in [-0.1, -0.05) is 97.1 Å². The third kappa shape index (κ3) is 5.08. The van der Waals surface area contributed by atoms with E-state index in [0.29, 0.717) is 32.8 Å². The van der Waals surface area contributed by atoms with Crippen LogP contribution in [0.25, 0.3) is 78.4 Å². The molecule has 0 saturated heterocycles. The molecule has 232 valence electrons. The highest BCUT2D eigenvalue weighted by Crippen LogP contribution is 2.45. The fourth-order valence-corrected chi connectivity index (χ4v) is 8.15. The maximum absolute atomic E-state index is 13.4. The van der Waals surface area contributed by atoms with Crippen LogP contribution in [0, 0.1) is 0 Å². The lowest BCUT2D eigenvalue weighted by Gasteiger charge is -2.13. The first-order chi connectivity index (χ1) is 24.0. The van der Waals surface area contributed by atoms with Gasteiger partial charge < -0.3 is 0 Å². The molecule has 0 bridgehead atoms. The number of hydrogen-bond donors (Lipinski definition) is 0. The zero-order chi connectivity index (χ0) is 33.0. The Morgan fingerprint density at radius 3 is 1.63 bits per heavy atom. The molecular formula is C42H26N4O2S. The van der Waals surface area contributed by atoms with Crippen LogP contribution in [0.4, 0.5) is 0 Å². The van der Waals surface area contributed by atoms with Crippen molar-refractivity contribution in [1.29, 1.82) is 0 Å². The van der Waals surface area contributed by atoms with Crippen LogP contribution in [0.1, 0.15) is 0 Å². The molecule has 2 aromatic heterocycles. The second kappa shape index (κ2) is 11.4. The Balaban J connectivity index is 1.28. The molecule has 6 aromatic carbocycles. The number of rotatable bonds is 5. The summed E-state index contributed by atoms with van der Waals surface area (Å²) in [7, 11) is -3.58. The first kappa shape index (κ1) is 28.9. The number of pyridine rings is 1. The standard InChI is InChI=1S/C42H26N4O2S/c47-49(48)38-16-8-7-15-35(38)36-26-30(18-20-39(36)49)33-23-32(29-17-19-37-31(22-29)14-9-21-43-37)24-34(25-33)42-45-40(27-10-3-1-4-11-27)44-41(46-42)28-12-5-2-6-13-28/h1-26H. The van der Waals surface area contributed by atoms with Gasteiger partial charge >= 0.3 is 0 Å². The van der Waals surface area contributed by atoms with Crippen LogP contribution in [0.2, 0.25) is 0 Å². The molecule has 3 heterocycles. The Kier molecular flexibility index (Phi) is 6.74.